The summed E-state index contributed by atoms with van der Waals surface area (Å²) < 4.78 is 81.9. The lowest BCUT2D eigenvalue weighted by Crippen LogP contribution is -2.39. The van der Waals surface area contributed by atoms with Gasteiger partial charge in [-0.15, -0.1) is 0 Å². The molecule has 3 aromatic rings. The second kappa shape index (κ2) is 9.49. The van der Waals surface area contributed by atoms with Crippen LogP contribution in [-0.4, -0.2) is 67.8 Å². The van der Waals surface area contributed by atoms with E-state index in [4.69, 9.17) is 13.9 Å². The summed E-state index contributed by atoms with van der Waals surface area (Å²) >= 11 is 0. The van der Waals surface area contributed by atoms with Gasteiger partial charge in [-0.25, -0.2) is 21.2 Å². The number of benzene rings is 2. The topological polar surface area (TPSA) is 115 Å². The van der Waals surface area contributed by atoms with Gasteiger partial charge in [0.05, 0.1) is 49.1 Å². The molecule has 0 bridgehead atoms. The predicted octanol–water partition coefficient (Wildman–Crippen LogP) is 3.53. The molecule has 9 nitrogen and oxygen atoms in total. The van der Waals surface area contributed by atoms with Crippen LogP contribution in [0.15, 0.2) is 45.8 Å². The number of aliphatic imine (C=N–C) groups is 1. The quantitative estimate of drug-likeness (QED) is 0.360. The summed E-state index contributed by atoms with van der Waals surface area (Å²) in [6.07, 6.45) is 0.629. The summed E-state index contributed by atoms with van der Waals surface area (Å²) in [4.78, 5) is 4.22. The van der Waals surface area contributed by atoms with Crippen molar-refractivity contribution in [3.05, 3.63) is 53.3 Å². The molecule has 0 aliphatic carbocycles. The molecule has 0 spiro atoms. The maximum atomic E-state index is 13.6. The molecule has 1 aliphatic heterocycles. The van der Waals surface area contributed by atoms with Crippen molar-refractivity contribution < 1.29 is 35.1 Å². The minimum atomic E-state index is -3.80. The SMILES string of the molecule is C/N=C(\OC)c1c(-c2ccc(F)cc2)oc2cc3c(cc12)[C@H](C)O[C@H](CS(C)(=O)=O)CN3S(C)(=O)=O. The van der Waals surface area contributed by atoms with Crippen molar-refractivity contribution in [3.8, 4) is 11.3 Å². The van der Waals surface area contributed by atoms with E-state index in [1.807, 2.05) is 0 Å². The van der Waals surface area contributed by atoms with E-state index in [1.54, 1.807) is 38.2 Å². The second-order valence-corrected chi connectivity index (χ2v) is 12.8. The van der Waals surface area contributed by atoms with Gasteiger partial charge in [-0.1, -0.05) is 0 Å². The Kier molecular flexibility index (Phi) is 6.88. The lowest BCUT2D eigenvalue weighted by molar-refractivity contribution is 0.0193. The van der Waals surface area contributed by atoms with Crippen LogP contribution in [0, 0.1) is 5.82 Å². The Labute approximate surface area is 209 Å². The molecule has 2 aromatic carbocycles. The van der Waals surface area contributed by atoms with Crippen molar-refractivity contribution >= 4 is 42.4 Å². The van der Waals surface area contributed by atoms with E-state index in [2.05, 4.69) is 4.99 Å². The summed E-state index contributed by atoms with van der Waals surface area (Å²) in [6.45, 7) is 1.56. The summed E-state index contributed by atoms with van der Waals surface area (Å²) in [5, 5.41) is 0.584. The van der Waals surface area contributed by atoms with Crippen LogP contribution in [0.1, 0.15) is 24.2 Å². The van der Waals surface area contributed by atoms with E-state index < -0.39 is 37.9 Å². The molecule has 0 saturated heterocycles. The second-order valence-electron chi connectivity index (χ2n) is 8.74. The summed E-state index contributed by atoms with van der Waals surface area (Å²) in [7, 11) is -4.21. The number of anilines is 1. The summed E-state index contributed by atoms with van der Waals surface area (Å²) in [5.74, 6) is -0.0890. The molecule has 0 saturated carbocycles. The number of ether oxygens (including phenoxy) is 2. The number of halogens is 1. The fourth-order valence-corrected chi connectivity index (χ4v) is 6.26. The van der Waals surface area contributed by atoms with Gasteiger partial charge in [0.25, 0.3) is 0 Å². The van der Waals surface area contributed by atoms with Gasteiger partial charge < -0.3 is 13.9 Å². The molecule has 12 heteroatoms. The monoisotopic (exact) mass is 538 g/mol. The Hall–Kier alpha value is -2.96. The van der Waals surface area contributed by atoms with E-state index in [1.165, 1.54) is 19.2 Å². The Morgan fingerprint density at radius 1 is 1.17 bits per heavy atom. The molecule has 0 amide bonds. The van der Waals surface area contributed by atoms with Gasteiger partial charge in [-0.3, -0.25) is 9.30 Å². The standard InChI is InChI=1S/C24H27FN2O7S2/c1-14-18-10-19-21(11-20(18)27(36(5,30)31)12-17(33-14)13-35(4,28)29)34-23(22(19)24(26-2)32-3)15-6-8-16(25)9-7-15/h6-11,14,17H,12-13H2,1-5H3/b26-24-/t14-,17-/m0/s1. The zero-order valence-corrected chi connectivity index (χ0v) is 22.1. The first kappa shape index (κ1) is 26.1. The van der Waals surface area contributed by atoms with Crippen molar-refractivity contribution in [3.63, 3.8) is 0 Å². The molecule has 2 atom stereocenters. The fourth-order valence-electron chi connectivity index (χ4n) is 4.44. The van der Waals surface area contributed by atoms with E-state index in [9.17, 15) is 21.2 Å². The molecule has 1 aliphatic rings. The van der Waals surface area contributed by atoms with Crippen molar-refractivity contribution in [2.24, 2.45) is 4.99 Å². The van der Waals surface area contributed by atoms with Gasteiger partial charge in [0.15, 0.2) is 0 Å². The number of methoxy groups -OCH3 is 1. The summed E-state index contributed by atoms with van der Waals surface area (Å²) in [5.41, 5.74) is 2.30. The Bertz CT molecular complexity index is 1550. The van der Waals surface area contributed by atoms with Crippen LogP contribution < -0.4 is 4.31 Å². The number of rotatable bonds is 5. The number of sulfone groups is 1. The molecule has 2 heterocycles. The van der Waals surface area contributed by atoms with Gasteiger partial charge in [-0.2, -0.15) is 0 Å². The Morgan fingerprint density at radius 2 is 1.83 bits per heavy atom. The van der Waals surface area contributed by atoms with Gasteiger partial charge >= 0.3 is 0 Å². The van der Waals surface area contributed by atoms with Crippen molar-refractivity contribution in [1.82, 2.24) is 0 Å². The van der Waals surface area contributed by atoms with Crippen LogP contribution >= 0.6 is 0 Å². The highest BCUT2D eigenvalue weighted by Gasteiger charge is 2.35. The van der Waals surface area contributed by atoms with Crippen LogP contribution in [0.3, 0.4) is 0 Å². The average Bonchev–Trinajstić information content (AvgIpc) is 3.07. The zero-order valence-electron chi connectivity index (χ0n) is 20.5. The van der Waals surface area contributed by atoms with Crippen LogP contribution in [-0.2, 0) is 29.3 Å². The number of sulfonamides is 1. The van der Waals surface area contributed by atoms with Crippen LogP contribution in [0.2, 0.25) is 0 Å². The largest absolute Gasteiger partial charge is 0.481 e. The molecule has 0 radical (unpaired) electrons. The highest BCUT2D eigenvalue weighted by Crippen LogP contribution is 2.42. The average molecular weight is 539 g/mol. The molecule has 194 valence electrons. The van der Waals surface area contributed by atoms with Crippen molar-refractivity contribution in [2.45, 2.75) is 19.1 Å². The number of nitrogens with zero attached hydrogens (tertiary/aromatic N) is 2. The third-order valence-electron chi connectivity index (χ3n) is 5.92. The first-order chi connectivity index (χ1) is 16.8. The molecule has 36 heavy (non-hydrogen) atoms. The van der Waals surface area contributed by atoms with E-state index in [0.29, 0.717) is 39.1 Å². The van der Waals surface area contributed by atoms with E-state index in [0.717, 1.165) is 16.8 Å². The smallest absolute Gasteiger partial charge is 0.232 e. The number of hydrogen-bond donors (Lipinski definition) is 0. The minimum absolute atomic E-state index is 0.174. The lowest BCUT2D eigenvalue weighted by atomic mass is 10.0. The fraction of sp³-hybridized carbons (Fsp3) is 0.375. The summed E-state index contributed by atoms with van der Waals surface area (Å²) in [6, 6.07) is 9.07. The van der Waals surface area contributed by atoms with E-state index >= 15 is 0 Å². The molecule has 1 aromatic heterocycles. The normalized spacial score (nSPS) is 19.3. The van der Waals surface area contributed by atoms with Gasteiger partial charge in [0.1, 0.15) is 27.0 Å². The molecule has 0 fully saturated rings. The molecular weight excluding hydrogens is 511 g/mol. The molecule has 4 rings (SSSR count). The maximum Gasteiger partial charge on any atom is 0.232 e. The number of furan rings is 1. The van der Waals surface area contributed by atoms with E-state index in [-0.39, 0.29) is 18.2 Å². The molecular formula is C24H27FN2O7S2. The molecule has 0 N–H and O–H groups in total. The van der Waals surface area contributed by atoms with Gasteiger partial charge in [0, 0.05) is 35.9 Å². The van der Waals surface area contributed by atoms with Crippen LogP contribution in [0.4, 0.5) is 10.1 Å². The van der Waals surface area contributed by atoms with Crippen LogP contribution in [0.25, 0.3) is 22.3 Å². The number of hydrogen-bond acceptors (Lipinski definition) is 8. The van der Waals surface area contributed by atoms with Gasteiger partial charge in [0.2, 0.25) is 15.9 Å². The van der Waals surface area contributed by atoms with Crippen LogP contribution in [0.5, 0.6) is 0 Å². The zero-order chi connectivity index (χ0) is 26.4. The molecule has 0 unspecified atom stereocenters. The highest BCUT2D eigenvalue weighted by atomic mass is 32.2. The predicted molar refractivity (Wildman–Crippen MR) is 136 cm³/mol. The van der Waals surface area contributed by atoms with Crippen molar-refractivity contribution in [2.75, 3.05) is 43.3 Å². The third kappa shape index (κ3) is 5.11. The Balaban J connectivity index is 1.99. The van der Waals surface area contributed by atoms with Gasteiger partial charge in [-0.05, 0) is 37.3 Å². The highest BCUT2D eigenvalue weighted by molar-refractivity contribution is 7.92. The minimum Gasteiger partial charge on any atom is -0.481 e. The first-order valence-corrected chi connectivity index (χ1v) is 14.9. The lowest BCUT2D eigenvalue weighted by Gasteiger charge is -2.24. The maximum absolute atomic E-state index is 13.6. The first-order valence-electron chi connectivity index (χ1n) is 11.0. The number of fused-ring (bicyclic) bond motifs is 2. The third-order valence-corrected chi connectivity index (χ3v) is 8.04. The van der Waals surface area contributed by atoms with Crippen molar-refractivity contribution in [1.29, 1.82) is 0 Å². The Morgan fingerprint density at radius 3 is 2.39 bits per heavy atom.